The van der Waals surface area contributed by atoms with Crippen LogP contribution in [0, 0.1) is 6.92 Å². The molecule has 33 heavy (non-hydrogen) atoms. The molecule has 2 fully saturated rings. The maximum atomic E-state index is 12.6. The standard InChI is InChI=1S/C24H23F3N4O2/c1-14-8-22(31-12-17-9-18(31)11-28-17)30-21-7-4-16(10-20(14)21)29-23(32)13-33-19-5-2-15(3-6-19)24(25,26)27/h2-8,10,17-18,28H,9,11-13H2,1H3,(H,29,32). The van der Waals surface area contributed by atoms with E-state index in [-0.39, 0.29) is 12.4 Å². The molecule has 2 aliphatic heterocycles. The average molecular weight is 456 g/mol. The Kier molecular flexibility index (Phi) is 5.36. The second-order valence-electron chi connectivity index (χ2n) is 8.54. The maximum Gasteiger partial charge on any atom is 0.416 e. The van der Waals surface area contributed by atoms with E-state index in [1.807, 2.05) is 19.1 Å². The van der Waals surface area contributed by atoms with Crippen molar-refractivity contribution in [3.63, 3.8) is 0 Å². The molecule has 5 rings (SSSR count). The van der Waals surface area contributed by atoms with Gasteiger partial charge in [0.05, 0.1) is 11.1 Å². The van der Waals surface area contributed by atoms with Gasteiger partial charge in [-0.1, -0.05) is 0 Å². The van der Waals surface area contributed by atoms with E-state index in [4.69, 9.17) is 9.72 Å². The summed E-state index contributed by atoms with van der Waals surface area (Å²) in [6.45, 7) is 3.67. The number of carbonyl (C=O) groups excluding carboxylic acids is 1. The number of halogens is 3. The molecule has 2 aromatic carbocycles. The van der Waals surface area contributed by atoms with Crippen LogP contribution in [0.25, 0.3) is 10.9 Å². The third kappa shape index (κ3) is 4.45. The molecule has 2 aliphatic rings. The number of rotatable bonds is 5. The molecule has 3 aromatic rings. The SMILES string of the molecule is Cc1cc(N2CC3CC2CN3)nc2ccc(NC(=O)COc3ccc(C(F)(F)F)cc3)cc12. The number of carbonyl (C=O) groups is 1. The molecule has 1 amide bonds. The Balaban J connectivity index is 1.24. The van der Waals surface area contributed by atoms with Crippen molar-refractivity contribution in [1.82, 2.24) is 10.3 Å². The molecule has 3 heterocycles. The third-order valence-electron chi connectivity index (χ3n) is 6.19. The fraction of sp³-hybridized carbons (Fsp3) is 0.333. The predicted octanol–water partition coefficient (Wildman–Crippen LogP) is 4.13. The van der Waals surface area contributed by atoms with E-state index in [1.165, 1.54) is 12.1 Å². The molecule has 2 atom stereocenters. The van der Waals surface area contributed by atoms with E-state index < -0.39 is 17.6 Å². The number of anilines is 2. The van der Waals surface area contributed by atoms with Gasteiger partial charge in [0.15, 0.2) is 6.61 Å². The Morgan fingerprint density at radius 2 is 2.00 bits per heavy atom. The number of pyridine rings is 1. The van der Waals surface area contributed by atoms with Gasteiger partial charge >= 0.3 is 6.18 Å². The number of aryl methyl sites for hydroxylation is 1. The zero-order valence-corrected chi connectivity index (χ0v) is 17.9. The molecule has 0 radical (unpaired) electrons. The van der Waals surface area contributed by atoms with E-state index in [9.17, 15) is 18.0 Å². The highest BCUT2D eigenvalue weighted by atomic mass is 19.4. The van der Waals surface area contributed by atoms with Gasteiger partial charge in [-0.05, 0) is 67.4 Å². The molecule has 1 aromatic heterocycles. The predicted molar refractivity (Wildman–Crippen MR) is 120 cm³/mol. The summed E-state index contributed by atoms with van der Waals surface area (Å²) in [5.41, 5.74) is 1.77. The molecule has 2 bridgehead atoms. The van der Waals surface area contributed by atoms with Gasteiger partial charge in [0.25, 0.3) is 5.91 Å². The fourth-order valence-corrected chi connectivity index (χ4v) is 4.53. The van der Waals surface area contributed by atoms with Crippen molar-refractivity contribution in [2.75, 3.05) is 29.9 Å². The van der Waals surface area contributed by atoms with Gasteiger partial charge < -0.3 is 20.3 Å². The Morgan fingerprint density at radius 1 is 1.21 bits per heavy atom. The molecule has 172 valence electrons. The van der Waals surface area contributed by atoms with E-state index in [1.54, 1.807) is 6.07 Å². The van der Waals surface area contributed by atoms with Crippen LogP contribution in [0.5, 0.6) is 5.75 Å². The number of benzene rings is 2. The van der Waals surface area contributed by atoms with Crippen molar-refractivity contribution in [2.24, 2.45) is 0 Å². The minimum absolute atomic E-state index is 0.190. The number of hydrogen-bond donors (Lipinski definition) is 2. The zero-order chi connectivity index (χ0) is 23.2. The summed E-state index contributed by atoms with van der Waals surface area (Å²) in [6, 6.07) is 12.9. The van der Waals surface area contributed by atoms with Crippen LogP contribution < -0.4 is 20.3 Å². The van der Waals surface area contributed by atoms with Gasteiger partial charge in [-0.15, -0.1) is 0 Å². The van der Waals surface area contributed by atoms with Crippen LogP contribution in [-0.2, 0) is 11.0 Å². The maximum absolute atomic E-state index is 12.6. The average Bonchev–Trinajstić information content (AvgIpc) is 3.42. The minimum Gasteiger partial charge on any atom is -0.484 e. The highest BCUT2D eigenvalue weighted by Gasteiger charge is 2.38. The van der Waals surface area contributed by atoms with Crippen molar-refractivity contribution in [2.45, 2.75) is 31.6 Å². The summed E-state index contributed by atoms with van der Waals surface area (Å²) in [4.78, 5) is 19.5. The lowest BCUT2D eigenvalue weighted by molar-refractivity contribution is -0.137. The van der Waals surface area contributed by atoms with E-state index in [0.29, 0.717) is 17.8 Å². The lowest BCUT2D eigenvalue weighted by Gasteiger charge is -2.29. The summed E-state index contributed by atoms with van der Waals surface area (Å²) in [7, 11) is 0. The second-order valence-corrected chi connectivity index (χ2v) is 8.54. The molecule has 2 saturated heterocycles. The Labute approximate surface area is 188 Å². The van der Waals surface area contributed by atoms with E-state index >= 15 is 0 Å². The number of ether oxygens (including phenoxy) is 1. The lowest BCUT2D eigenvalue weighted by atomic mass is 10.1. The molecular formula is C24H23F3N4O2. The van der Waals surface area contributed by atoms with Crippen LogP contribution in [0.3, 0.4) is 0 Å². The number of piperazine rings is 1. The molecule has 0 spiro atoms. The summed E-state index contributed by atoms with van der Waals surface area (Å²) in [5, 5.41) is 7.21. The van der Waals surface area contributed by atoms with Gasteiger partial charge in [0.1, 0.15) is 11.6 Å². The van der Waals surface area contributed by atoms with Crippen LogP contribution in [0.1, 0.15) is 17.5 Å². The van der Waals surface area contributed by atoms with Crippen LogP contribution in [-0.4, -0.2) is 42.7 Å². The van der Waals surface area contributed by atoms with Crippen LogP contribution in [0.4, 0.5) is 24.7 Å². The van der Waals surface area contributed by atoms with Crippen molar-refractivity contribution in [3.8, 4) is 5.75 Å². The third-order valence-corrected chi connectivity index (χ3v) is 6.19. The number of alkyl halides is 3. The van der Waals surface area contributed by atoms with Crippen molar-refractivity contribution in [1.29, 1.82) is 0 Å². The quantitative estimate of drug-likeness (QED) is 0.605. The van der Waals surface area contributed by atoms with Gasteiger partial charge in [0, 0.05) is 36.2 Å². The minimum atomic E-state index is -4.41. The number of aromatic nitrogens is 1. The van der Waals surface area contributed by atoms with Crippen molar-refractivity contribution in [3.05, 3.63) is 59.7 Å². The highest BCUT2D eigenvalue weighted by molar-refractivity contribution is 5.95. The Bertz CT molecular complexity index is 1200. The highest BCUT2D eigenvalue weighted by Crippen LogP contribution is 2.32. The zero-order valence-electron chi connectivity index (χ0n) is 17.9. The monoisotopic (exact) mass is 456 g/mol. The van der Waals surface area contributed by atoms with Gasteiger partial charge in [-0.25, -0.2) is 4.98 Å². The first kappa shape index (κ1) is 21.5. The van der Waals surface area contributed by atoms with E-state index in [0.717, 1.165) is 53.9 Å². The smallest absolute Gasteiger partial charge is 0.416 e. The lowest BCUT2D eigenvalue weighted by Crippen LogP contribution is -2.44. The first-order chi connectivity index (χ1) is 15.8. The van der Waals surface area contributed by atoms with Crippen LogP contribution in [0.15, 0.2) is 48.5 Å². The molecule has 0 saturated carbocycles. The number of amides is 1. The first-order valence-electron chi connectivity index (χ1n) is 10.8. The largest absolute Gasteiger partial charge is 0.484 e. The molecule has 2 N–H and O–H groups in total. The number of nitrogens with zero attached hydrogens (tertiary/aromatic N) is 2. The number of fused-ring (bicyclic) bond motifs is 3. The number of hydrogen-bond acceptors (Lipinski definition) is 5. The summed E-state index contributed by atoms with van der Waals surface area (Å²) < 4.78 is 43.2. The summed E-state index contributed by atoms with van der Waals surface area (Å²) in [6.07, 6.45) is -3.26. The Morgan fingerprint density at radius 3 is 2.67 bits per heavy atom. The first-order valence-corrected chi connectivity index (χ1v) is 10.8. The summed E-state index contributed by atoms with van der Waals surface area (Å²) in [5.74, 6) is 0.767. The normalized spacial score (nSPS) is 19.8. The molecule has 2 unspecified atom stereocenters. The fourth-order valence-electron chi connectivity index (χ4n) is 4.53. The van der Waals surface area contributed by atoms with Gasteiger partial charge in [-0.3, -0.25) is 4.79 Å². The van der Waals surface area contributed by atoms with Crippen LogP contribution in [0.2, 0.25) is 0 Å². The van der Waals surface area contributed by atoms with Gasteiger partial charge in [0.2, 0.25) is 0 Å². The molecule has 0 aliphatic carbocycles. The van der Waals surface area contributed by atoms with E-state index in [2.05, 4.69) is 21.6 Å². The Hall–Kier alpha value is -3.33. The van der Waals surface area contributed by atoms with Crippen molar-refractivity contribution < 1.29 is 22.7 Å². The number of nitrogens with one attached hydrogen (secondary N) is 2. The summed E-state index contributed by atoms with van der Waals surface area (Å²) >= 11 is 0. The van der Waals surface area contributed by atoms with Crippen molar-refractivity contribution >= 4 is 28.3 Å². The topological polar surface area (TPSA) is 66.5 Å². The molecule has 9 heteroatoms. The van der Waals surface area contributed by atoms with Gasteiger partial charge in [-0.2, -0.15) is 13.2 Å². The molecular weight excluding hydrogens is 433 g/mol. The molecule has 6 nitrogen and oxygen atoms in total. The second kappa shape index (κ2) is 8.22. The van der Waals surface area contributed by atoms with Crippen LogP contribution >= 0.6 is 0 Å².